The largest absolute Gasteiger partial charge is 0.481 e. The van der Waals surface area contributed by atoms with Crippen LogP contribution in [-0.2, 0) is 23.9 Å². The van der Waals surface area contributed by atoms with Gasteiger partial charge < -0.3 is 14.6 Å². The fourth-order valence-electron chi connectivity index (χ4n) is 1.10. The Bertz CT molecular complexity index is 320. The monoisotopic (exact) mass is 244 g/mol. The lowest BCUT2D eigenvalue weighted by atomic mass is 10.0. The molecule has 0 saturated carbocycles. The second-order valence-corrected chi connectivity index (χ2v) is 3.52. The number of hydrogen-bond acceptors (Lipinski definition) is 5. The van der Waals surface area contributed by atoms with Crippen LogP contribution in [-0.4, -0.2) is 36.7 Å². The van der Waals surface area contributed by atoms with Crippen molar-refractivity contribution in [2.75, 3.05) is 13.7 Å². The normalized spacial score (nSPS) is 11.4. The van der Waals surface area contributed by atoms with E-state index in [0.717, 1.165) is 0 Å². The number of carbonyl (C=O) groups is 3. The number of methoxy groups -OCH3 is 1. The van der Waals surface area contributed by atoms with E-state index >= 15 is 0 Å². The molecule has 0 aliphatic rings. The van der Waals surface area contributed by atoms with Gasteiger partial charge in [-0.25, -0.2) is 4.79 Å². The Morgan fingerprint density at radius 2 is 1.94 bits per heavy atom. The van der Waals surface area contributed by atoms with Crippen molar-refractivity contribution in [2.24, 2.45) is 5.92 Å². The minimum absolute atomic E-state index is 0.0429. The van der Waals surface area contributed by atoms with Gasteiger partial charge >= 0.3 is 17.9 Å². The van der Waals surface area contributed by atoms with E-state index < -0.39 is 23.8 Å². The maximum absolute atomic E-state index is 11.2. The zero-order valence-electron chi connectivity index (χ0n) is 9.89. The van der Waals surface area contributed by atoms with Crippen LogP contribution in [0.4, 0.5) is 0 Å². The second-order valence-electron chi connectivity index (χ2n) is 3.52. The Morgan fingerprint density at radius 3 is 2.35 bits per heavy atom. The maximum Gasteiger partial charge on any atom is 0.333 e. The number of aliphatic carboxylic acids is 1. The van der Waals surface area contributed by atoms with Crippen LogP contribution in [0, 0.1) is 5.92 Å². The van der Waals surface area contributed by atoms with E-state index in [4.69, 9.17) is 9.84 Å². The van der Waals surface area contributed by atoms with Gasteiger partial charge in [-0.05, 0) is 13.3 Å². The Hall–Kier alpha value is -1.85. The average Bonchev–Trinajstić information content (AvgIpc) is 2.25. The number of rotatable bonds is 7. The Balaban J connectivity index is 4.17. The zero-order chi connectivity index (χ0) is 13.4. The molecule has 0 rings (SSSR count). The summed E-state index contributed by atoms with van der Waals surface area (Å²) in [5, 5.41) is 8.60. The minimum atomic E-state index is -1.10. The lowest BCUT2D eigenvalue weighted by molar-refractivity contribution is -0.152. The van der Waals surface area contributed by atoms with Gasteiger partial charge in [-0.2, -0.15) is 0 Å². The van der Waals surface area contributed by atoms with E-state index in [1.807, 2.05) is 0 Å². The fraction of sp³-hybridized carbons (Fsp3) is 0.545. The first-order chi connectivity index (χ1) is 7.88. The predicted molar refractivity (Wildman–Crippen MR) is 58.1 cm³/mol. The van der Waals surface area contributed by atoms with Crippen LogP contribution >= 0.6 is 0 Å². The van der Waals surface area contributed by atoms with Crippen molar-refractivity contribution in [3.05, 3.63) is 12.2 Å². The molecule has 1 atom stereocenters. The van der Waals surface area contributed by atoms with Crippen LogP contribution < -0.4 is 0 Å². The second kappa shape index (κ2) is 7.43. The molecule has 6 nitrogen and oxygen atoms in total. The number of ether oxygens (including phenoxy) is 2. The predicted octanol–water partition coefficient (Wildman–Crippen LogP) is 0.760. The number of carbonyl (C=O) groups excluding carboxylic acids is 2. The third-order valence-electron chi connectivity index (χ3n) is 2.00. The van der Waals surface area contributed by atoms with Gasteiger partial charge in [-0.1, -0.05) is 6.58 Å². The molecule has 0 aliphatic carbocycles. The number of hydrogen-bond donors (Lipinski definition) is 1. The summed E-state index contributed by atoms with van der Waals surface area (Å²) in [6.45, 7) is 4.85. The third-order valence-corrected chi connectivity index (χ3v) is 2.00. The van der Waals surface area contributed by atoms with Gasteiger partial charge in [0.15, 0.2) is 0 Å². The minimum Gasteiger partial charge on any atom is -0.481 e. The number of esters is 2. The topological polar surface area (TPSA) is 89.9 Å². The molecule has 0 aromatic carbocycles. The van der Waals surface area contributed by atoms with Crippen LogP contribution in [0.3, 0.4) is 0 Å². The zero-order valence-corrected chi connectivity index (χ0v) is 9.89. The molecule has 6 heteroatoms. The van der Waals surface area contributed by atoms with E-state index in [1.54, 1.807) is 0 Å². The third kappa shape index (κ3) is 6.34. The summed E-state index contributed by atoms with van der Waals surface area (Å²) in [6, 6.07) is 0. The molecule has 0 heterocycles. The molecule has 0 aromatic heterocycles. The van der Waals surface area contributed by atoms with Gasteiger partial charge in [0.05, 0.1) is 26.1 Å². The van der Waals surface area contributed by atoms with E-state index in [1.165, 1.54) is 14.0 Å². The highest BCUT2D eigenvalue weighted by atomic mass is 16.5. The summed E-state index contributed by atoms with van der Waals surface area (Å²) in [5.41, 5.74) is 0.248. The fourth-order valence-corrected chi connectivity index (χ4v) is 1.10. The summed E-state index contributed by atoms with van der Waals surface area (Å²) in [5.74, 6) is -3.11. The molecule has 0 fully saturated rings. The molecule has 0 saturated heterocycles. The lowest BCUT2D eigenvalue weighted by Crippen LogP contribution is -2.22. The number of carboxylic acid groups (broad SMARTS) is 1. The first kappa shape index (κ1) is 15.2. The van der Waals surface area contributed by atoms with Crippen molar-refractivity contribution < 1.29 is 29.0 Å². The molecule has 0 amide bonds. The van der Waals surface area contributed by atoms with Crippen molar-refractivity contribution in [3.8, 4) is 0 Å². The van der Waals surface area contributed by atoms with Crippen LogP contribution in [0.15, 0.2) is 12.2 Å². The molecule has 0 aromatic rings. The Morgan fingerprint density at radius 1 is 1.35 bits per heavy atom. The number of carboxylic acids is 1. The van der Waals surface area contributed by atoms with E-state index in [-0.39, 0.29) is 25.0 Å². The van der Waals surface area contributed by atoms with Crippen molar-refractivity contribution in [1.29, 1.82) is 0 Å². The average molecular weight is 244 g/mol. The van der Waals surface area contributed by atoms with Crippen LogP contribution in [0.2, 0.25) is 0 Å². The molecule has 96 valence electrons. The maximum atomic E-state index is 11.2. The molecular formula is C11H16O6. The first-order valence-electron chi connectivity index (χ1n) is 5.00. The highest BCUT2D eigenvalue weighted by Crippen LogP contribution is 2.11. The highest BCUT2D eigenvalue weighted by molar-refractivity contribution is 5.87. The first-order valence-corrected chi connectivity index (χ1v) is 5.00. The van der Waals surface area contributed by atoms with Gasteiger partial charge in [0.2, 0.25) is 0 Å². The van der Waals surface area contributed by atoms with E-state index in [2.05, 4.69) is 11.3 Å². The highest BCUT2D eigenvalue weighted by Gasteiger charge is 2.22. The molecule has 0 bridgehead atoms. The van der Waals surface area contributed by atoms with Gasteiger partial charge in [0, 0.05) is 5.57 Å². The smallest absolute Gasteiger partial charge is 0.333 e. The molecule has 0 aliphatic heterocycles. The Kier molecular flexibility index (Phi) is 6.62. The van der Waals surface area contributed by atoms with Crippen molar-refractivity contribution >= 4 is 17.9 Å². The molecule has 1 unspecified atom stereocenters. The lowest BCUT2D eigenvalue weighted by Gasteiger charge is -2.12. The summed E-state index contributed by atoms with van der Waals surface area (Å²) in [6.07, 6.45) is -0.241. The molecule has 17 heavy (non-hydrogen) atoms. The van der Waals surface area contributed by atoms with Crippen molar-refractivity contribution in [2.45, 2.75) is 19.8 Å². The van der Waals surface area contributed by atoms with Gasteiger partial charge in [-0.15, -0.1) is 0 Å². The van der Waals surface area contributed by atoms with Gasteiger partial charge in [0.25, 0.3) is 0 Å². The standard InChI is InChI=1S/C11H16O6/c1-7(2)10(14)17-5-4-8(6-9(12)13)11(15)16-3/h8H,1,4-6H2,2-3H3,(H,12,13). The Labute approximate surface area is 99.2 Å². The van der Waals surface area contributed by atoms with Crippen molar-refractivity contribution in [1.82, 2.24) is 0 Å². The van der Waals surface area contributed by atoms with E-state index in [9.17, 15) is 14.4 Å². The molecule has 0 radical (unpaired) electrons. The summed E-state index contributed by atoms with van der Waals surface area (Å²) in [7, 11) is 1.18. The summed E-state index contributed by atoms with van der Waals surface area (Å²) in [4.78, 5) is 32.8. The molecule has 0 spiro atoms. The van der Waals surface area contributed by atoms with Gasteiger partial charge in [0.1, 0.15) is 0 Å². The molecule has 1 N–H and O–H groups in total. The summed E-state index contributed by atoms with van der Waals surface area (Å²) >= 11 is 0. The quantitative estimate of drug-likeness (QED) is 0.525. The van der Waals surface area contributed by atoms with Gasteiger partial charge in [-0.3, -0.25) is 9.59 Å². The SMILES string of the molecule is C=C(C)C(=O)OCCC(CC(=O)O)C(=O)OC. The van der Waals surface area contributed by atoms with Crippen LogP contribution in [0.1, 0.15) is 19.8 Å². The molecular weight excluding hydrogens is 228 g/mol. The van der Waals surface area contributed by atoms with Crippen LogP contribution in [0.5, 0.6) is 0 Å². The van der Waals surface area contributed by atoms with E-state index in [0.29, 0.717) is 0 Å². The summed E-state index contributed by atoms with van der Waals surface area (Å²) < 4.78 is 9.23. The van der Waals surface area contributed by atoms with Crippen LogP contribution in [0.25, 0.3) is 0 Å². The van der Waals surface area contributed by atoms with Crippen molar-refractivity contribution in [3.63, 3.8) is 0 Å².